The fraction of sp³-hybridized carbons (Fsp3) is 0. The van der Waals surface area contributed by atoms with Crippen LogP contribution in [0.2, 0.25) is 0 Å². The van der Waals surface area contributed by atoms with E-state index in [2.05, 4.69) is 20.9 Å². The van der Waals surface area contributed by atoms with Gasteiger partial charge in [0.2, 0.25) is 0 Å². The minimum atomic E-state index is -0.985. The van der Waals surface area contributed by atoms with Gasteiger partial charge in [0.05, 0.1) is 11.3 Å². The Hall–Kier alpha value is -2.20. The van der Waals surface area contributed by atoms with Crippen LogP contribution < -0.4 is 0 Å². The van der Waals surface area contributed by atoms with E-state index >= 15 is 0 Å². The molecule has 0 saturated carbocycles. The molecule has 100 valence electrons. The molecule has 0 aliphatic rings. The highest BCUT2D eigenvalue weighted by molar-refractivity contribution is 9.12. The van der Waals surface area contributed by atoms with Crippen molar-refractivity contribution in [3.8, 4) is 0 Å². The van der Waals surface area contributed by atoms with E-state index in [0.29, 0.717) is 5.69 Å². The summed E-state index contributed by atoms with van der Waals surface area (Å²) in [5, 5.41) is 9.07. The maximum atomic E-state index is 11.1. The third kappa shape index (κ3) is 3.90. The van der Waals surface area contributed by atoms with Gasteiger partial charge in [0.1, 0.15) is 0 Å². The third-order valence-electron chi connectivity index (χ3n) is 2.57. The van der Waals surface area contributed by atoms with Gasteiger partial charge in [-0.2, -0.15) is 0 Å². The number of hydrogen-bond donors (Lipinski definition) is 1. The van der Waals surface area contributed by atoms with Gasteiger partial charge in [-0.15, -0.1) is 0 Å². The summed E-state index contributed by atoms with van der Waals surface area (Å²) in [4.78, 5) is 15.3. The molecule has 2 rings (SSSR count). The molecule has 0 radical (unpaired) electrons. The van der Waals surface area contributed by atoms with Crippen LogP contribution >= 0.6 is 15.9 Å². The average molecular weight is 330 g/mol. The molecule has 0 bridgehead atoms. The molecule has 3 nitrogen and oxygen atoms in total. The molecule has 0 unspecified atom stereocenters. The lowest BCUT2D eigenvalue weighted by Gasteiger charge is -1.99. The molecule has 0 fully saturated rings. The molecule has 0 saturated heterocycles. The van der Waals surface area contributed by atoms with Crippen molar-refractivity contribution < 1.29 is 9.90 Å². The maximum absolute atomic E-state index is 11.1. The lowest BCUT2D eigenvalue weighted by Crippen LogP contribution is -1.95. The first kappa shape index (κ1) is 14.2. The van der Waals surface area contributed by atoms with Crippen molar-refractivity contribution in [2.24, 2.45) is 4.99 Å². The van der Waals surface area contributed by atoms with Crippen molar-refractivity contribution in [3.05, 3.63) is 70.2 Å². The Kier molecular flexibility index (Phi) is 4.85. The Bertz CT molecular complexity index is 663. The smallest absolute Gasteiger partial charge is 0.337 e. The van der Waals surface area contributed by atoms with Crippen LogP contribution in [0.5, 0.6) is 0 Å². The first-order valence-electron chi connectivity index (χ1n) is 5.95. The number of aliphatic imine (C=N–C) groups is 1. The Balaban J connectivity index is 2.22. The van der Waals surface area contributed by atoms with Crippen LogP contribution in [0, 0.1) is 0 Å². The molecule has 0 spiro atoms. The number of carboxylic acids is 1. The molecule has 2 aromatic rings. The van der Waals surface area contributed by atoms with Crippen LogP contribution in [0.25, 0.3) is 6.08 Å². The van der Waals surface area contributed by atoms with E-state index in [1.54, 1.807) is 24.4 Å². The summed E-state index contributed by atoms with van der Waals surface area (Å²) >= 11 is 3.40. The van der Waals surface area contributed by atoms with Gasteiger partial charge in [-0.1, -0.05) is 42.5 Å². The number of allylic oxidation sites excluding steroid dienone is 1. The van der Waals surface area contributed by atoms with Crippen molar-refractivity contribution in [1.82, 2.24) is 0 Å². The molecule has 0 aromatic heterocycles. The third-order valence-corrected chi connectivity index (χ3v) is 3.00. The Morgan fingerprint density at radius 3 is 2.40 bits per heavy atom. The molecule has 0 amide bonds. The summed E-state index contributed by atoms with van der Waals surface area (Å²) in [7, 11) is 0. The van der Waals surface area contributed by atoms with Gasteiger partial charge in [-0.05, 0) is 39.7 Å². The molecule has 2 aromatic carbocycles. The zero-order chi connectivity index (χ0) is 14.4. The zero-order valence-corrected chi connectivity index (χ0v) is 12.1. The number of para-hydroxylation sites is 1. The summed E-state index contributed by atoms with van der Waals surface area (Å²) in [6.07, 6.45) is 3.50. The second-order valence-electron chi connectivity index (χ2n) is 4.02. The monoisotopic (exact) mass is 329 g/mol. The fourth-order valence-corrected chi connectivity index (χ4v) is 2.01. The van der Waals surface area contributed by atoms with Crippen LogP contribution in [-0.2, 0) is 0 Å². The quantitative estimate of drug-likeness (QED) is 0.838. The summed E-state index contributed by atoms with van der Waals surface area (Å²) in [6, 6.07) is 16.4. The molecule has 0 aliphatic carbocycles. The number of rotatable bonds is 4. The van der Waals surface area contributed by atoms with Gasteiger partial charge in [0.15, 0.2) is 0 Å². The first-order valence-corrected chi connectivity index (χ1v) is 6.75. The number of benzene rings is 2. The van der Waals surface area contributed by atoms with E-state index in [1.807, 2.05) is 36.4 Å². The average Bonchev–Trinajstić information content (AvgIpc) is 2.46. The van der Waals surface area contributed by atoms with Gasteiger partial charge in [-0.3, -0.25) is 4.99 Å². The number of carboxylic acid groups (broad SMARTS) is 1. The Morgan fingerprint density at radius 1 is 1.05 bits per heavy atom. The normalized spacial score (nSPS) is 11.8. The highest BCUT2D eigenvalue weighted by Crippen LogP contribution is 2.19. The molecule has 20 heavy (non-hydrogen) atoms. The largest absolute Gasteiger partial charge is 0.478 e. The number of halogens is 1. The van der Waals surface area contributed by atoms with Gasteiger partial charge >= 0.3 is 5.97 Å². The number of carbonyl (C=O) groups is 1. The second kappa shape index (κ2) is 6.82. The van der Waals surface area contributed by atoms with E-state index < -0.39 is 5.97 Å². The van der Waals surface area contributed by atoms with E-state index in [-0.39, 0.29) is 5.56 Å². The van der Waals surface area contributed by atoms with Crippen molar-refractivity contribution >= 4 is 39.9 Å². The highest BCUT2D eigenvalue weighted by Gasteiger charge is 2.06. The van der Waals surface area contributed by atoms with E-state index in [1.165, 1.54) is 6.07 Å². The minimum absolute atomic E-state index is 0.184. The minimum Gasteiger partial charge on any atom is -0.478 e. The molecule has 4 heteroatoms. The van der Waals surface area contributed by atoms with Crippen LogP contribution in [0.1, 0.15) is 15.9 Å². The summed E-state index contributed by atoms with van der Waals surface area (Å²) in [5.41, 5.74) is 1.65. The molecule has 1 N–H and O–H groups in total. The standard InChI is InChI=1S/C16H12BrNO2/c17-13(10-12-6-2-1-3-7-12)11-18-15-9-5-4-8-14(15)16(19)20/h1-11H,(H,19,20)/b13-10+,18-11?. The maximum Gasteiger partial charge on any atom is 0.337 e. The SMILES string of the molecule is O=C(O)c1ccccc1N=C/C(Br)=C\c1ccccc1. The van der Waals surface area contributed by atoms with Gasteiger partial charge < -0.3 is 5.11 Å². The van der Waals surface area contributed by atoms with Gasteiger partial charge in [0.25, 0.3) is 0 Å². The Morgan fingerprint density at radius 2 is 1.70 bits per heavy atom. The predicted molar refractivity (Wildman–Crippen MR) is 84.9 cm³/mol. The van der Waals surface area contributed by atoms with Crippen molar-refractivity contribution in [3.63, 3.8) is 0 Å². The first-order chi connectivity index (χ1) is 9.66. The Labute approximate surface area is 125 Å². The van der Waals surface area contributed by atoms with Crippen molar-refractivity contribution in [1.29, 1.82) is 0 Å². The summed E-state index contributed by atoms with van der Waals surface area (Å²) in [6.45, 7) is 0. The van der Waals surface area contributed by atoms with E-state index in [0.717, 1.165) is 10.0 Å². The highest BCUT2D eigenvalue weighted by atomic mass is 79.9. The predicted octanol–water partition coefficient (Wildman–Crippen LogP) is 4.52. The number of hydrogen-bond acceptors (Lipinski definition) is 2. The topological polar surface area (TPSA) is 49.7 Å². The molecular formula is C16H12BrNO2. The molecule has 0 aliphatic heterocycles. The number of aromatic carboxylic acids is 1. The van der Waals surface area contributed by atoms with E-state index in [4.69, 9.17) is 5.11 Å². The van der Waals surface area contributed by atoms with Crippen LogP contribution in [0.15, 0.2) is 64.1 Å². The van der Waals surface area contributed by atoms with E-state index in [9.17, 15) is 4.79 Å². The molecular weight excluding hydrogens is 318 g/mol. The zero-order valence-electron chi connectivity index (χ0n) is 10.5. The summed E-state index contributed by atoms with van der Waals surface area (Å²) in [5.74, 6) is -0.985. The lowest BCUT2D eigenvalue weighted by atomic mass is 10.2. The summed E-state index contributed by atoms with van der Waals surface area (Å²) < 4.78 is 0.767. The lowest BCUT2D eigenvalue weighted by molar-refractivity contribution is 0.0698. The van der Waals surface area contributed by atoms with Crippen molar-refractivity contribution in [2.75, 3.05) is 0 Å². The fourth-order valence-electron chi connectivity index (χ4n) is 1.64. The second-order valence-corrected chi connectivity index (χ2v) is 4.94. The molecule has 0 heterocycles. The van der Waals surface area contributed by atoms with Crippen LogP contribution in [-0.4, -0.2) is 17.3 Å². The van der Waals surface area contributed by atoms with Crippen LogP contribution in [0.3, 0.4) is 0 Å². The van der Waals surface area contributed by atoms with Crippen LogP contribution in [0.4, 0.5) is 5.69 Å². The molecule has 0 atom stereocenters. The van der Waals surface area contributed by atoms with Crippen molar-refractivity contribution in [2.45, 2.75) is 0 Å². The van der Waals surface area contributed by atoms with Gasteiger partial charge in [0, 0.05) is 10.7 Å². The number of nitrogens with zero attached hydrogens (tertiary/aromatic N) is 1. The van der Waals surface area contributed by atoms with Gasteiger partial charge in [-0.25, -0.2) is 4.79 Å².